The SMILES string of the molecule is O=C(c1ccc(CN[SH](=O)=O)cc1)c1c[nH]c(=O)c2cc(-c3c[nH]c4ncccc34)cn12. The summed E-state index contributed by atoms with van der Waals surface area (Å²) in [5.41, 5.74) is 3.88. The van der Waals surface area contributed by atoms with Crippen molar-refractivity contribution < 1.29 is 13.2 Å². The van der Waals surface area contributed by atoms with Crippen molar-refractivity contribution >= 4 is 33.2 Å². The molecular formula is C22H17N5O4S. The van der Waals surface area contributed by atoms with Crippen molar-refractivity contribution in [1.29, 1.82) is 0 Å². The topological polar surface area (TPSA) is 129 Å². The number of nitrogens with one attached hydrogen (secondary N) is 3. The van der Waals surface area contributed by atoms with Crippen LogP contribution in [0.15, 0.2) is 72.0 Å². The molecule has 0 unspecified atom stereocenters. The molecule has 0 amide bonds. The maximum Gasteiger partial charge on any atom is 0.272 e. The molecule has 32 heavy (non-hydrogen) atoms. The molecule has 0 radical (unpaired) electrons. The predicted molar refractivity (Wildman–Crippen MR) is 120 cm³/mol. The molecule has 10 heteroatoms. The summed E-state index contributed by atoms with van der Waals surface area (Å²) in [6.45, 7) is 0.149. The molecule has 5 rings (SSSR count). The summed E-state index contributed by atoms with van der Waals surface area (Å²) in [4.78, 5) is 35.7. The zero-order chi connectivity index (χ0) is 22.2. The zero-order valence-corrected chi connectivity index (χ0v) is 17.4. The minimum absolute atomic E-state index is 0.149. The van der Waals surface area contributed by atoms with E-state index < -0.39 is 10.9 Å². The first-order valence-electron chi connectivity index (χ1n) is 9.69. The minimum atomic E-state index is -2.69. The Hall–Kier alpha value is -4.02. The van der Waals surface area contributed by atoms with Crippen LogP contribution >= 0.6 is 0 Å². The van der Waals surface area contributed by atoms with E-state index in [1.807, 2.05) is 18.3 Å². The van der Waals surface area contributed by atoms with Crippen LogP contribution in [0.1, 0.15) is 21.6 Å². The van der Waals surface area contributed by atoms with E-state index in [0.717, 1.165) is 27.7 Å². The molecule has 4 aromatic heterocycles. The number of hydrogen-bond donors (Lipinski definition) is 4. The Morgan fingerprint density at radius 1 is 1.09 bits per heavy atom. The van der Waals surface area contributed by atoms with Crippen LogP contribution in [0.5, 0.6) is 0 Å². The third-order valence-electron chi connectivity index (χ3n) is 5.28. The number of fused-ring (bicyclic) bond motifs is 2. The fraction of sp³-hybridized carbons (Fsp3) is 0.0455. The highest BCUT2D eigenvalue weighted by atomic mass is 32.2. The van der Waals surface area contributed by atoms with E-state index >= 15 is 0 Å². The van der Waals surface area contributed by atoms with Crippen molar-refractivity contribution in [2.75, 3.05) is 0 Å². The molecule has 1 aromatic carbocycles. The lowest BCUT2D eigenvalue weighted by Gasteiger charge is -2.06. The van der Waals surface area contributed by atoms with E-state index in [0.29, 0.717) is 16.8 Å². The summed E-state index contributed by atoms with van der Waals surface area (Å²) in [6, 6.07) is 12.1. The van der Waals surface area contributed by atoms with Crippen LogP contribution in [0.4, 0.5) is 0 Å². The summed E-state index contributed by atoms with van der Waals surface area (Å²) >= 11 is 0. The second-order valence-electron chi connectivity index (χ2n) is 7.21. The Morgan fingerprint density at radius 2 is 1.91 bits per heavy atom. The fourth-order valence-corrected chi connectivity index (χ4v) is 4.02. The lowest BCUT2D eigenvalue weighted by Crippen LogP contribution is -2.15. The normalized spacial score (nSPS) is 11.5. The summed E-state index contributed by atoms with van der Waals surface area (Å²) in [5, 5.41) is 0.914. The molecule has 0 fully saturated rings. The van der Waals surface area contributed by atoms with Crippen molar-refractivity contribution in [2.24, 2.45) is 0 Å². The summed E-state index contributed by atoms with van der Waals surface area (Å²) in [5.74, 6) is -0.275. The lowest BCUT2D eigenvalue weighted by atomic mass is 10.1. The molecular weight excluding hydrogens is 430 g/mol. The fourth-order valence-electron chi connectivity index (χ4n) is 3.71. The Bertz CT molecular complexity index is 1600. The molecule has 160 valence electrons. The molecule has 0 aliphatic heterocycles. The van der Waals surface area contributed by atoms with Gasteiger partial charge in [-0.15, -0.1) is 0 Å². The van der Waals surface area contributed by atoms with Crippen LogP contribution in [-0.4, -0.2) is 33.6 Å². The van der Waals surface area contributed by atoms with Gasteiger partial charge < -0.3 is 14.4 Å². The number of rotatable bonds is 6. The Labute approximate surface area is 182 Å². The highest BCUT2D eigenvalue weighted by molar-refractivity contribution is 7.70. The van der Waals surface area contributed by atoms with Gasteiger partial charge in [-0.3, -0.25) is 9.59 Å². The first-order chi connectivity index (χ1) is 15.5. The highest BCUT2D eigenvalue weighted by Crippen LogP contribution is 2.29. The van der Waals surface area contributed by atoms with E-state index in [2.05, 4.69) is 19.7 Å². The van der Waals surface area contributed by atoms with Gasteiger partial charge in [0.15, 0.2) is 0 Å². The van der Waals surface area contributed by atoms with Crippen molar-refractivity contribution in [3.8, 4) is 11.1 Å². The van der Waals surface area contributed by atoms with E-state index in [4.69, 9.17) is 0 Å². The number of ketones is 1. The number of carbonyl (C=O) groups is 1. The number of aromatic nitrogens is 4. The largest absolute Gasteiger partial charge is 0.346 e. The summed E-state index contributed by atoms with van der Waals surface area (Å²) < 4.78 is 25.3. The number of hydrogen-bond acceptors (Lipinski definition) is 5. The summed E-state index contributed by atoms with van der Waals surface area (Å²) in [6.07, 6.45) is 6.68. The average Bonchev–Trinajstić information content (AvgIpc) is 3.43. The highest BCUT2D eigenvalue weighted by Gasteiger charge is 2.17. The van der Waals surface area contributed by atoms with Crippen LogP contribution < -0.4 is 10.3 Å². The van der Waals surface area contributed by atoms with Gasteiger partial charge in [0.25, 0.3) is 5.56 Å². The maximum atomic E-state index is 13.2. The van der Waals surface area contributed by atoms with Crippen molar-refractivity contribution in [1.82, 2.24) is 24.1 Å². The molecule has 5 aromatic rings. The lowest BCUT2D eigenvalue weighted by molar-refractivity contribution is 0.103. The standard InChI is InChI=1S/C22H17N5O4S/c28-20(14-5-3-13(4-6-14)9-26-32(30)31)19-11-25-22(29)18-8-15(12-27(18)19)17-10-24-21-16(17)2-1-7-23-21/h1-8,10-12,32H,9H2,(H,23,24)(H,25,29)(H,26,30,31). The van der Waals surface area contributed by atoms with Gasteiger partial charge in [-0.1, -0.05) is 24.3 Å². The Balaban J connectivity index is 1.55. The monoisotopic (exact) mass is 447 g/mol. The Morgan fingerprint density at radius 3 is 2.69 bits per heavy atom. The van der Waals surface area contributed by atoms with E-state index in [9.17, 15) is 18.0 Å². The third kappa shape index (κ3) is 3.51. The molecule has 4 heterocycles. The van der Waals surface area contributed by atoms with Crippen LogP contribution in [0, 0.1) is 0 Å². The molecule has 0 spiro atoms. The molecule has 0 saturated carbocycles. The second kappa shape index (κ2) is 7.91. The van der Waals surface area contributed by atoms with Gasteiger partial charge in [-0.2, -0.15) is 0 Å². The first-order valence-corrected chi connectivity index (χ1v) is 10.9. The molecule has 9 nitrogen and oxygen atoms in total. The quantitative estimate of drug-likeness (QED) is 0.234. The first kappa shape index (κ1) is 19.9. The van der Waals surface area contributed by atoms with E-state index in [1.54, 1.807) is 47.1 Å². The number of pyridine rings is 1. The van der Waals surface area contributed by atoms with Crippen molar-refractivity contribution in [3.05, 3.63) is 94.4 Å². The zero-order valence-electron chi connectivity index (χ0n) is 16.5. The second-order valence-corrected chi connectivity index (χ2v) is 8.04. The number of thiol groups is 1. The van der Waals surface area contributed by atoms with Gasteiger partial charge in [0.2, 0.25) is 16.7 Å². The van der Waals surface area contributed by atoms with Crippen LogP contribution in [0.25, 0.3) is 27.7 Å². The number of H-pyrrole nitrogens is 2. The maximum absolute atomic E-state index is 13.2. The smallest absolute Gasteiger partial charge is 0.272 e. The Kier molecular flexibility index (Phi) is 4.92. The predicted octanol–water partition coefficient (Wildman–Crippen LogP) is 2.02. The van der Waals surface area contributed by atoms with Gasteiger partial charge in [-0.25, -0.2) is 18.1 Å². The summed E-state index contributed by atoms with van der Waals surface area (Å²) in [7, 11) is -2.69. The van der Waals surface area contributed by atoms with Gasteiger partial charge >= 0.3 is 0 Å². The molecule has 0 aliphatic carbocycles. The van der Waals surface area contributed by atoms with E-state index in [-0.39, 0.29) is 17.9 Å². The van der Waals surface area contributed by atoms with Gasteiger partial charge in [0.05, 0.1) is 0 Å². The molecule has 0 bridgehead atoms. The van der Waals surface area contributed by atoms with Crippen molar-refractivity contribution in [2.45, 2.75) is 6.54 Å². The van der Waals surface area contributed by atoms with Gasteiger partial charge in [0, 0.05) is 53.4 Å². The number of nitrogens with zero attached hydrogens (tertiary/aromatic N) is 2. The average molecular weight is 447 g/mol. The van der Waals surface area contributed by atoms with Crippen LogP contribution in [0.3, 0.4) is 0 Å². The van der Waals surface area contributed by atoms with Crippen molar-refractivity contribution in [3.63, 3.8) is 0 Å². The van der Waals surface area contributed by atoms with Crippen LogP contribution in [0.2, 0.25) is 0 Å². The van der Waals surface area contributed by atoms with Gasteiger partial charge in [0.1, 0.15) is 16.9 Å². The van der Waals surface area contributed by atoms with Gasteiger partial charge in [-0.05, 0) is 23.8 Å². The molecule has 0 aliphatic rings. The minimum Gasteiger partial charge on any atom is -0.346 e. The van der Waals surface area contributed by atoms with Crippen LogP contribution in [-0.2, 0) is 17.4 Å². The number of aromatic amines is 2. The number of benzene rings is 1. The molecule has 3 N–H and O–H groups in total. The molecule has 0 saturated heterocycles. The molecule has 0 atom stereocenters. The van der Waals surface area contributed by atoms with E-state index in [1.165, 1.54) is 6.20 Å². The number of carbonyl (C=O) groups excluding carboxylic acids is 1. The third-order valence-corrected chi connectivity index (χ3v) is 5.69.